The fourth-order valence-corrected chi connectivity index (χ4v) is 1.81. The summed E-state index contributed by atoms with van der Waals surface area (Å²) in [5.41, 5.74) is 0. The van der Waals surface area contributed by atoms with Crippen molar-refractivity contribution in [2.24, 2.45) is 0 Å². The number of carbonyl (C=O) groups is 2. The SMILES string of the molecule is CC(C(=O)O)N(C)CC(=O)N(C)CCCOc1ccc(F)cc1. The summed E-state index contributed by atoms with van der Waals surface area (Å²) in [4.78, 5) is 25.9. The van der Waals surface area contributed by atoms with Crippen molar-refractivity contribution in [2.45, 2.75) is 19.4 Å². The molecule has 1 rings (SSSR count). The molecule has 1 aromatic rings. The Morgan fingerprint density at radius 3 is 2.43 bits per heavy atom. The molecular weight excluding hydrogens is 303 g/mol. The number of rotatable bonds is 9. The summed E-state index contributed by atoms with van der Waals surface area (Å²) < 4.78 is 18.2. The molecule has 1 aromatic carbocycles. The van der Waals surface area contributed by atoms with Gasteiger partial charge in [-0.3, -0.25) is 14.5 Å². The molecule has 0 spiro atoms. The maximum Gasteiger partial charge on any atom is 0.320 e. The first-order chi connectivity index (χ1) is 10.8. The van der Waals surface area contributed by atoms with Crippen LogP contribution in [0.5, 0.6) is 5.75 Å². The molecule has 0 bridgehead atoms. The van der Waals surface area contributed by atoms with E-state index in [1.54, 1.807) is 31.1 Å². The highest BCUT2D eigenvalue weighted by molar-refractivity contribution is 5.79. The summed E-state index contributed by atoms with van der Waals surface area (Å²) in [6, 6.07) is 5.03. The van der Waals surface area contributed by atoms with Crippen LogP contribution < -0.4 is 4.74 Å². The second-order valence-electron chi connectivity index (χ2n) is 5.40. The van der Waals surface area contributed by atoms with Crippen LogP contribution in [0.2, 0.25) is 0 Å². The number of ether oxygens (including phenoxy) is 1. The zero-order valence-electron chi connectivity index (χ0n) is 13.7. The van der Waals surface area contributed by atoms with Gasteiger partial charge in [-0.05, 0) is 44.7 Å². The second kappa shape index (κ2) is 9.09. The van der Waals surface area contributed by atoms with E-state index < -0.39 is 12.0 Å². The highest BCUT2D eigenvalue weighted by atomic mass is 19.1. The van der Waals surface area contributed by atoms with Crippen LogP contribution in [0.15, 0.2) is 24.3 Å². The summed E-state index contributed by atoms with van der Waals surface area (Å²) in [5.74, 6) is -0.851. The quantitative estimate of drug-likeness (QED) is 0.696. The number of benzene rings is 1. The molecule has 0 aliphatic carbocycles. The van der Waals surface area contributed by atoms with Gasteiger partial charge in [0.15, 0.2) is 0 Å². The molecule has 1 amide bonds. The van der Waals surface area contributed by atoms with Crippen molar-refractivity contribution < 1.29 is 23.8 Å². The maximum absolute atomic E-state index is 12.7. The van der Waals surface area contributed by atoms with Gasteiger partial charge in [0.05, 0.1) is 13.2 Å². The summed E-state index contributed by atoms with van der Waals surface area (Å²) in [5, 5.41) is 8.90. The lowest BCUT2D eigenvalue weighted by Gasteiger charge is -2.24. The number of hydrogen-bond donors (Lipinski definition) is 1. The van der Waals surface area contributed by atoms with Gasteiger partial charge in [0.1, 0.15) is 17.6 Å². The van der Waals surface area contributed by atoms with Gasteiger partial charge >= 0.3 is 5.97 Å². The zero-order valence-corrected chi connectivity index (χ0v) is 13.7. The van der Waals surface area contributed by atoms with E-state index in [9.17, 15) is 14.0 Å². The maximum atomic E-state index is 12.7. The number of aliphatic carboxylic acids is 1. The first-order valence-corrected chi connectivity index (χ1v) is 7.36. The van der Waals surface area contributed by atoms with Gasteiger partial charge in [0.2, 0.25) is 5.91 Å². The summed E-state index contributed by atoms with van der Waals surface area (Å²) in [7, 11) is 3.27. The average molecular weight is 326 g/mol. The van der Waals surface area contributed by atoms with Gasteiger partial charge in [0.25, 0.3) is 0 Å². The zero-order chi connectivity index (χ0) is 17.4. The van der Waals surface area contributed by atoms with E-state index in [1.165, 1.54) is 24.0 Å². The normalized spacial score (nSPS) is 12.0. The Labute approximate surface area is 135 Å². The van der Waals surface area contributed by atoms with Crippen molar-refractivity contribution in [3.8, 4) is 5.75 Å². The van der Waals surface area contributed by atoms with E-state index in [-0.39, 0.29) is 18.3 Å². The highest BCUT2D eigenvalue weighted by Crippen LogP contribution is 2.11. The Bertz CT molecular complexity index is 521. The molecule has 128 valence electrons. The number of likely N-dealkylation sites (N-methyl/N-ethyl adjacent to an activating group) is 2. The molecule has 6 nitrogen and oxygen atoms in total. The van der Waals surface area contributed by atoms with Crippen LogP contribution >= 0.6 is 0 Å². The van der Waals surface area contributed by atoms with E-state index in [0.29, 0.717) is 25.3 Å². The van der Waals surface area contributed by atoms with E-state index >= 15 is 0 Å². The minimum Gasteiger partial charge on any atom is -0.494 e. The van der Waals surface area contributed by atoms with Gasteiger partial charge < -0.3 is 14.7 Å². The molecule has 1 atom stereocenters. The molecule has 0 aromatic heterocycles. The number of carboxylic acids is 1. The lowest BCUT2D eigenvalue weighted by atomic mass is 10.3. The Balaban J connectivity index is 2.27. The molecule has 1 unspecified atom stereocenters. The van der Waals surface area contributed by atoms with Crippen LogP contribution in [0, 0.1) is 5.82 Å². The van der Waals surface area contributed by atoms with Crippen LogP contribution in [0.1, 0.15) is 13.3 Å². The number of halogens is 1. The molecule has 7 heteroatoms. The van der Waals surface area contributed by atoms with Gasteiger partial charge in [-0.15, -0.1) is 0 Å². The van der Waals surface area contributed by atoms with Gasteiger partial charge in [-0.2, -0.15) is 0 Å². The number of hydrogen-bond acceptors (Lipinski definition) is 4. The molecule has 0 saturated heterocycles. The third kappa shape index (κ3) is 6.65. The van der Waals surface area contributed by atoms with Crippen molar-refractivity contribution in [3.63, 3.8) is 0 Å². The molecule has 0 heterocycles. The number of amides is 1. The summed E-state index contributed by atoms with van der Waals surface area (Å²) in [6.45, 7) is 2.48. The van der Waals surface area contributed by atoms with Crippen LogP contribution in [0.4, 0.5) is 4.39 Å². The minimum atomic E-state index is -0.962. The topological polar surface area (TPSA) is 70.1 Å². The van der Waals surface area contributed by atoms with Crippen molar-refractivity contribution in [2.75, 3.05) is 33.8 Å². The van der Waals surface area contributed by atoms with E-state index in [4.69, 9.17) is 9.84 Å². The summed E-state index contributed by atoms with van der Waals surface area (Å²) >= 11 is 0. The lowest BCUT2D eigenvalue weighted by Crippen LogP contribution is -2.43. The van der Waals surface area contributed by atoms with Crippen LogP contribution in [-0.4, -0.2) is 66.6 Å². The van der Waals surface area contributed by atoms with Crippen molar-refractivity contribution >= 4 is 11.9 Å². The van der Waals surface area contributed by atoms with E-state index in [0.717, 1.165) is 0 Å². The Hall–Kier alpha value is -2.15. The average Bonchev–Trinajstić information content (AvgIpc) is 2.51. The molecule has 0 fully saturated rings. The largest absolute Gasteiger partial charge is 0.494 e. The molecule has 0 aliphatic heterocycles. The Morgan fingerprint density at radius 2 is 1.87 bits per heavy atom. The Morgan fingerprint density at radius 1 is 1.26 bits per heavy atom. The third-order valence-corrected chi connectivity index (χ3v) is 3.55. The highest BCUT2D eigenvalue weighted by Gasteiger charge is 2.20. The molecule has 1 N–H and O–H groups in total. The first-order valence-electron chi connectivity index (χ1n) is 7.36. The van der Waals surface area contributed by atoms with Crippen molar-refractivity contribution in [3.05, 3.63) is 30.1 Å². The first kappa shape index (κ1) is 18.9. The lowest BCUT2D eigenvalue weighted by molar-refractivity contribution is -0.143. The molecule has 0 radical (unpaired) electrons. The molecular formula is C16H23FN2O4. The van der Waals surface area contributed by atoms with Crippen molar-refractivity contribution in [1.82, 2.24) is 9.80 Å². The molecule has 0 saturated carbocycles. The van der Waals surface area contributed by atoms with Gasteiger partial charge in [-0.1, -0.05) is 0 Å². The fourth-order valence-electron chi connectivity index (χ4n) is 1.81. The Kier molecular flexibility index (Phi) is 7.47. The standard InChI is InChI=1S/C16H23FN2O4/c1-12(16(21)22)19(3)11-15(20)18(2)9-4-10-23-14-7-5-13(17)6-8-14/h5-8,12H,4,9-11H2,1-3H3,(H,21,22). The number of carboxylic acid groups (broad SMARTS) is 1. The van der Waals surface area contributed by atoms with Crippen LogP contribution in [-0.2, 0) is 9.59 Å². The predicted molar refractivity (Wildman–Crippen MR) is 83.9 cm³/mol. The summed E-state index contributed by atoms with van der Waals surface area (Å²) in [6.07, 6.45) is 0.623. The van der Waals surface area contributed by atoms with E-state index in [1.807, 2.05) is 0 Å². The minimum absolute atomic E-state index is 0.0444. The predicted octanol–water partition coefficient (Wildman–Crippen LogP) is 1.46. The molecule has 23 heavy (non-hydrogen) atoms. The van der Waals surface area contributed by atoms with Crippen molar-refractivity contribution in [1.29, 1.82) is 0 Å². The number of nitrogens with zero attached hydrogens (tertiary/aromatic N) is 2. The van der Waals surface area contributed by atoms with Gasteiger partial charge in [0, 0.05) is 13.6 Å². The molecule has 0 aliphatic rings. The second-order valence-corrected chi connectivity index (χ2v) is 5.40. The fraction of sp³-hybridized carbons (Fsp3) is 0.500. The van der Waals surface area contributed by atoms with Gasteiger partial charge in [-0.25, -0.2) is 4.39 Å². The number of carbonyl (C=O) groups excluding carboxylic acids is 1. The van der Waals surface area contributed by atoms with Crippen LogP contribution in [0.3, 0.4) is 0 Å². The monoisotopic (exact) mass is 326 g/mol. The smallest absolute Gasteiger partial charge is 0.320 e. The third-order valence-electron chi connectivity index (χ3n) is 3.55. The van der Waals surface area contributed by atoms with Crippen LogP contribution in [0.25, 0.3) is 0 Å². The van der Waals surface area contributed by atoms with E-state index in [2.05, 4.69) is 0 Å².